The number of halogens is 1. The lowest BCUT2D eigenvalue weighted by Crippen LogP contribution is -2.29. The average molecular weight is 465 g/mol. The van der Waals surface area contributed by atoms with Crippen molar-refractivity contribution in [3.63, 3.8) is 0 Å². The molecule has 3 aromatic heterocycles. The van der Waals surface area contributed by atoms with Gasteiger partial charge in [0.2, 0.25) is 5.78 Å². The number of benzene rings is 2. The molecule has 0 aliphatic rings. The standard InChI is InChI=1S/C21H17BrN6O2/c1-12-3-7-14(8-4-12)17-24-25-20-27(11-13-5-9-15(22)10-6-13)16-18(29)23-21(30)26(2)19(16)28(17)20/h3-10H,11H2,1-2H3,(H,23,29,30). The third-order valence-electron chi connectivity index (χ3n) is 5.20. The second-order valence-electron chi connectivity index (χ2n) is 7.23. The molecule has 0 saturated heterocycles. The first-order chi connectivity index (χ1) is 14.4. The fraction of sp³-hybridized carbons (Fsp3) is 0.143. The maximum atomic E-state index is 12.8. The molecule has 0 fully saturated rings. The minimum Gasteiger partial charge on any atom is -0.298 e. The van der Waals surface area contributed by atoms with Gasteiger partial charge < -0.3 is 0 Å². The second-order valence-corrected chi connectivity index (χ2v) is 8.14. The van der Waals surface area contributed by atoms with Crippen LogP contribution in [0.3, 0.4) is 0 Å². The Morgan fingerprint density at radius 2 is 1.70 bits per heavy atom. The highest BCUT2D eigenvalue weighted by atomic mass is 79.9. The summed E-state index contributed by atoms with van der Waals surface area (Å²) in [4.78, 5) is 27.6. The molecular weight excluding hydrogens is 448 g/mol. The Morgan fingerprint density at radius 1 is 1.00 bits per heavy atom. The van der Waals surface area contributed by atoms with E-state index in [1.54, 1.807) is 16.0 Å². The normalized spacial score (nSPS) is 11.6. The van der Waals surface area contributed by atoms with E-state index in [0.29, 0.717) is 29.3 Å². The molecule has 0 amide bonds. The number of hydrogen-bond donors (Lipinski definition) is 1. The highest BCUT2D eigenvalue weighted by Gasteiger charge is 2.22. The molecule has 5 rings (SSSR count). The van der Waals surface area contributed by atoms with Crippen molar-refractivity contribution in [3.05, 3.63) is 85.0 Å². The number of fused-ring (bicyclic) bond motifs is 3. The number of rotatable bonds is 3. The summed E-state index contributed by atoms with van der Waals surface area (Å²) in [6, 6.07) is 15.7. The van der Waals surface area contributed by atoms with Crippen molar-refractivity contribution in [2.45, 2.75) is 13.5 Å². The number of aromatic amines is 1. The minimum absolute atomic E-state index is 0.373. The lowest BCUT2D eigenvalue weighted by molar-refractivity contribution is 0.809. The van der Waals surface area contributed by atoms with Crippen LogP contribution >= 0.6 is 15.9 Å². The number of hydrogen-bond acceptors (Lipinski definition) is 4. The van der Waals surface area contributed by atoms with Crippen molar-refractivity contribution >= 4 is 32.9 Å². The highest BCUT2D eigenvalue weighted by Crippen LogP contribution is 2.25. The monoisotopic (exact) mass is 464 g/mol. The second kappa shape index (κ2) is 6.81. The summed E-state index contributed by atoms with van der Waals surface area (Å²) in [5.74, 6) is 1.07. The topological polar surface area (TPSA) is 90.0 Å². The van der Waals surface area contributed by atoms with Gasteiger partial charge in [-0.25, -0.2) is 9.20 Å². The van der Waals surface area contributed by atoms with Gasteiger partial charge in [0.05, 0.1) is 6.54 Å². The summed E-state index contributed by atoms with van der Waals surface area (Å²) < 4.78 is 5.96. The number of aryl methyl sites for hydroxylation is 2. The summed E-state index contributed by atoms with van der Waals surface area (Å²) in [6.45, 7) is 2.42. The molecule has 0 atom stereocenters. The van der Waals surface area contributed by atoms with Gasteiger partial charge in [0.15, 0.2) is 17.0 Å². The van der Waals surface area contributed by atoms with Crippen LogP contribution in [0.4, 0.5) is 0 Å². The van der Waals surface area contributed by atoms with Crippen molar-refractivity contribution in [1.29, 1.82) is 0 Å². The van der Waals surface area contributed by atoms with Crippen molar-refractivity contribution in [2.75, 3.05) is 0 Å². The molecule has 0 saturated carbocycles. The van der Waals surface area contributed by atoms with Gasteiger partial charge in [-0.05, 0) is 24.6 Å². The van der Waals surface area contributed by atoms with Crippen LogP contribution in [0.2, 0.25) is 0 Å². The van der Waals surface area contributed by atoms with Gasteiger partial charge in [0, 0.05) is 17.1 Å². The van der Waals surface area contributed by atoms with E-state index in [4.69, 9.17) is 0 Å². The molecule has 0 radical (unpaired) electrons. The van der Waals surface area contributed by atoms with Crippen LogP contribution in [0.1, 0.15) is 11.1 Å². The Kier molecular flexibility index (Phi) is 4.21. The van der Waals surface area contributed by atoms with Crippen molar-refractivity contribution in [3.8, 4) is 11.4 Å². The van der Waals surface area contributed by atoms with E-state index in [2.05, 4.69) is 31.1 Å². The predicted molar refractivity (Wildman–Crippen MR) is 118 cm³/mol. The average Bonchev–Trinajstić information content (AvgIpc) is 3.28. The summed E-state index contributed by atoms with van der Waals surface area (Å²) in [7, 11) is 1.63. The van der Waals surface area contributed by atoms with Crippen LogP contribution < -0.4 is 11.2 Å². The van der Waals surface area contributed by atoms with Crippen LogP contribution in [0, 0.1) is 6.92 Å². The first kappa shape index (κ1) is 18.6. The van der Waals surface area contributed by atoms with Crippen LogP contribution in [-0.2, 0) is 13.6 Å². The van der Waals surface area contributed by atoms with Crippen molar-refractivity contribution < 1.29 is 0 Å². The van der Waals surface area contributed by atoms with Gasteiger partial charge in [-0.2, -0.15) is 0 Å². The molecule has 30 heavy (non-hydrogen) atoms. The fourth-order valence-corrected chi connectivity index (χ4v) is 3.92. The molecule has 5 aromatic rings. The van der Waals surface area contributed by atoms with Gasteiger partial charge in [0.1, 0.15) is 0 Å². The summed E-state index contributed by atoms with van der Waals surface area (Å²) in [6.07, 6.45) is 0. The van der Waals surface area contributed by atoms with E-state index in [1.165, 1.54) is 4.57 Å². The van der Waals surface area contributed by atoms with E-state index in [1.807, 2.05) is 55.5 Å². The smallest absolute Gasteiger partial charge is 0.298 e. The molecule has 0 unspecified atom stereocenters. The van der Waals surface area contributed by atoms with Gasteiger partial charge in [0.25, 0.3) is 5.56 Å². The Morgan fingerprint density at radius 3 is 2.40 bits per heavy atom. The Labute approximate surface area is 178 Å². The number of H-pyrrole nitrogens is 1. The van der Waals surface area contributed by atoms with E-state index in [0.717, 1.165) is 21.2 Å². The van der Waals surface area contributed by atoms with Gasteiger partial charge in [-0.3, -0.25) is 18.9 Å². The molecule has 0 aliphatic heterocycles. The number of aromatic nitrogens is 6. The third-order valence-corrected chi connectivity index (χ3v) is 5.73. The zero-order valence-corrected chi connectivity index (χ0v) is 17.8. The number of nitrogens with one attached hydrogen (secondary N) is 1. The fourth-order valence-electron chi connectivity index (χ4n) is 3.65. The van der Waals surface area contributed by atoms with Crippen molar-refractivity contribution in [1.82, 2.24) is 28.7 Å². The lowest BCUT2D eigenvalue weighted by Gasteiger charge is -2.05. The van der Waals surface area contributed by atoms with Gasteiger partial charge in [-0.15, -0.1) is 10.2 Å². The number of nitrogens with zero attached hydrogens (tertiary/aromatic N) is 5. The molecule has 0 aliphatic carbocycles. The molecule has 0 bridgehead atoms. The van der Waals surface area contributed by atoms with Crippen LogP contribution in [0.25, 0.3) is 28.3 Å². The van der Waals surface area contributed by atoms with E-state index in [-0.39, 0.29) is 0 Å². The Bertz CT molecular complexity index is 1520. The zero-order chi connectivity index (χ0) is 21.0. The summed E-state index contributed by atoms with van der Waals surface area (Å²) in [5, 5.41) is 8.76. The van der Waals surface area contributed by atoms with E-state index < -0.39 is 11.2 Å². The molecule has 150 valence electrons. The molecular formula is C21H17BrN6O2. The first-order valence-electron chi connectivity index (χ1n) is 9.32. The van der Waals surface area contributed by atoms with Gasteiger partial charge in [-0.1, -0.05) is 57.9 Å². The lowest BCUT2D eigenvalue weighted by atomic mass is 10.1. The minimum atomic E-state index is -0.487. The molecule has 1 N–H and O–H groups in total. The Hall–Kier alpha value is -3.46. The molecule has 8 nitrogen and oxygen atoms in total. The summed E-state index contributed by atoms with van der Waals surface area (Å²) >= 11 is 3.44. The summed E-state index contributed by atoms with van der Waals surface area (Å²) in [5.41, 5.74) is 2.86. The Balaban J connectivity index is 1.86. The van der Waals surface area contributed by atoms with Crippen LogP contribution in [0.5, 0.6) is 0 Å². The molecule has 2 aromatic carbocycles. The van der Waals surface area contributed by atoms with Crippen molar-refractivity contribution in [2.24, 2.45) is 7.05 Å². The molecule has 3 heterocycles. The number of imidazole rings is 1. The maximum Gasteiger partial charge on any atom is 0.329 e. The molecule has 9 heteroatoms. The largest absolute Gasteiger partial charge is 0.329 e. The predicted octanol–water partition coefficient (Wildman–Crippen LogP) is 2.86. The van der Waals surface area contributed by atoms with Crippen LogP contribution in [0.15, 0.2) is 62.6 Å². The van der Waals surface area contributed by atoms with Gasteiger partial charge >= 0.3 is 5.69 Å². The third kappa shape index (κ3) is 2.81. The van der Waals surface area contributed by atoms with Crippen LogP contribution in [-0.4, -0.2) is 28.7 Å². The zero-order valence-electron chi connectivity index (χ0n) is 16.3. The molecule has 0 spiro atoms. The maximum absolute atomic E-state index is 12.8. The quantitative estimate of drug-likeness (QED) is 0.444. The highest BCUT2D eigenvalue weighted by molar-refractivity contribution is 9.10. The van der Waals surface area contributed by atoms with E-state index in [9.17, 15) is 9.59 Å². The van der Waals surface area contributed by atoms with E-state index >= 15 is 0 Å². The SMILES string of the molecule is Cc1ccc(-c2nnc3n(Cc4ccc(Br)cc4)c4c(=O)[nH]c(=O)n(C)c4n23)cc1. The first-order valence-corrected chi connectivity index (χ1v) is 10.1.